The van der Waals surface area contributed by atoms with Crippen molar-refractivity contribution in [3.8, 4) is 5.75 Å². The molecule has 5 nitrogen and oxygen atoms in total. The van der Waals surface area contributed by atoms with Crippen LogP contribution in [0.4, 0.5) is 5.69 Å². The van der Waals surface area contributed by atoms with E-state index in [0.29, 0.717) is 18.8 Å². The van der Waals surface area contributed by atoms with Crippen LogP contribution in [0.1, 0.15) is 19.8 Å². The molecular formula is C15H20N2O3. The number of amides is 2. The van der Waals surface area contributed by atoms with Crippen LogP contribution in [-0.2, 0) is 9.59 Å². The van der Waals surface area contributed by atoms with Crippen molar-refractivity contribution in [2.24, 2.45) is 5.92 Å². The number of benzene rings is 1. The van der Waals surface area contributed by atoms with E-state index in [4.69, 9.17) is 4.74 Å². The molecule has 1 saturated heterocycles. The van der Waals surface area contributed by atoms with Crippen LogP contribution in [0.3, 0.4) is 0 Å². The molecule has 1 aliphatic heterocycles. The fourth-order valence-corrected chi connectivity index (χ4v) is 2.36. The fraction of sp³-hybridized carbons (Fsp3) is 0.467. The van der Waals surface area contributed by atoms with Gasteiger partial charge in [0.25, 0.3) is 0 Å². The predicted molar refractivity (Wildman–Crippen MR) is 76.8 cm³/mol. The maximum absolute atomic E-state index is 12.1. The van der Waals surface area contributed by atoms with Gasteiger partial charge in [-0.3, -0.25) is 9.59 Å². The van der Waals surface area contributed by atoms with E-state index in [1.165, 1.54) is 0 Å². The first-order valence-electron chi connectivity index (χ1n) is 6.88. The molecule has 0 spiro atoms. The average molecular weight is 276 g/mol. The van der Waals surface area contributed by atoms with Gasteiger partial charge in [-0.15, -0.1) is 0 Å². The summed E-state index contributed by atoms with van der Waals surface area (Å²) >= 11 is 0. The molecule has 1 heterocycles. The van der Waals surface area contributed by atoms with Crippen molar-refractivity contribution in [2.45, 2.75) is 19.8 Å². The monoisotopic (exact) mass is 276 g/mol. The van der Waals surface area contributed by atoms with Gasteiger partial charge in [-0.25, -0.2) is 0 Å². The number of anilines is 1. The Bertz CT molecular complexity index is 502. The summed E-state index contributed by atoms with van der Waals surface area (Å²) in [5.41, 5.74) is 0.728. The van der Waals surface area contributed by atoms with Crippen LogP contribution >= 0.6 is 0 Å². The number of nitrogens with one attached hydrogen (secondary N) is 1. The standard InChI is InChI=1S/C15H20N2O3/c1-3-8-16-15(19)11-9-14(18)17(10-11)12-6-4-5-7-13(12)20-2/h4-7,11H,3,8-10H2,1-2H3,(H,16,19). The first-order chi connectivity index (χ1) is 9.67. The second kappa shape index (κ2) is 6.41. The van der Waals surface area contributed by atoms with Crippen LogP contribution in [0, 0.1) is 5.92 Å². The first kappa shape index (κ1) is 14.4. The highest BCUT2D eigenvalue weighted by Gasteiger charge is 2.35. The molecule has 1 fully saturated rings. The lowest BCUT2D eigenvalue weighted by molar-refractivity contribution is -0.126. The molecule has 1 atom stereocenters. The van der Waals surface area contributed by atoms with Gasteiger partial charge in [0.05, 0.1) is 18.7 Å². The summed E-state index contributed by atoms with van der Waals surface area (Å²) in [6.07, 6.45) is 1.15. The van der Waals surface area contributed by atoms with Crippen molar-refractivity contribution in [3.05, 3.63) is 24.3 Å². The third-order valence-corrected chi connectivity index (χ3v) is 3.42. The van der Waals surface area contributed by atoms with Gasteiger partial charge in [-0.1, -0.05) is 19.1 Å². The van der Waals surface area contributed by atoms with Crippen LogP contribution in [0.15, 0.2) is 24.3 Å². The van der Waals surface area contributed by atoms with Crippen molar-refractivity contribution >= 4 is 17.5 Å². The molecule has 5 heteroatoms. The molecule has 0 bridgehead atoms. The van der Waals surface area contributed by atoms with Crippen molar-refractivity contribution < 1.29 is 14.3 Å². The van der Waals surface area contributed by atoms with Crippen molar-refractivity contribution in [2.75, 3.05) is 25.1 Å². The maximum Gasteiger partial charge on any atom is 0.227 e. The summed E-state index contributed by atoms with van der Waals surface area (Å²) in [4.78, 5) is 25.7. The molecule has 0 saturated carbocycles. The molecule has 1 aromatic carbocycles. The van der Waals surface area contributed by atoms with Crippen LogP contribution < -0.4 is 15.0 Å². The SMILES string of the molecule is CCCNC(=O)C1CC(=O)N(c2ccccc2OC)C1. The number of para-hydroxylation sites is 2. The Morgan fingerprint density at radius 3 is 2.90 bits per heavy atom. The van der Waals surface area contributed by atoms with Crippen molar-refractivity contribution in [1.82, 2.24) is 5.32 Å². The highest BCUT2D eigenvalue weighted by molar-refractivity contribution is 6.01. The summed E-state index contributed by atoms with van der Waals surface area (Å²) in [5, 5.41) is 2.85. The molecule has 0 radical (unpaired) electrons. The lowest BCUT2D eigenvalue weighted by Gasteiger charge is -2.19. The number of methoxy groups -OCH3 is 1. The third kappa shape index (κ3) is 2.92. The molecule has 1 aromatic rings. The number of carbonyl (C=O) groups excluding carboxylic acids is 2. The lowest BCUT2D eigenvalue weighted by atomic mass is 10.1. The molecule has 2 rings (SSSR count). The Morgan fingerprint density at radius 1 is 1.45 bits per heavy atom. The highest BCUT2D eigenvalue weighted by atomic mass is 16.5. The Morgan fingerprint density at radius 2 is 2.20 bits per heavy atom. The molecule has 0 aliphatic carbocycles. The van der Waals surface area contributed by atoms with Crippen LogP contribution in [0.5, 0.6) is 5.75 Å². The van der Waals surface area contributed by atoms with E-state index in [0.717, 1.165) is 12.1 Å². The van der Waals surface area contributed by atoms with Gasteiger partial charge < -0.3 is 15.0 Å². The summed E-state index contributed by atoms with van der Waals surface area (Å²) in [6, 6.07) is 7.36. The molecule has 1 N–H and O–H groups in total. The Hall–Kier alpha value is -2.04. The van der Waals surface area contributed by atoms with Gasteiger partial charge in [-0.05, 0) is 18.6 Å². The molecule has 0 aromatic heterocycles. The van der Waals surface area contributed by atoms with Crippen LogP contribution in [-0.4, -0.2) is 32.0 Å². The second-order valence-corrected chi connectivity index (χ2v) is 4.87. The van der Waals surface area contributed by atoms with Crippen LogP contribution in [0.25, 0.3) is 0 Å². The molecule has 20 heavy (non-hydrogen) atoms. The van der Waals surface area contributed by atoms with E-state index in [2.05, 4.69) is 5.32 Å². The maximum atomic E-state index is 12.1. The third-order valence-electron chi connectivity index (χ3n) is 3.42. The minimum absolute atomic E-state index is 0.0360. The molecule has 2 amide bonds. The first-order valence-corrected chi connectivity index (χ1v) is 6.88. The van der Waals surface area contributed by atoms with Gasteiger partial charge in [0.2, 0.25) is 11.8 Å². The van der Waals surface area contributed by atoms with Crippen molar-refractivity contribution in [1.29, 1.82) is 0 Å². The Balaban J connectivity index is 2.11. The lowest BCUT2D eigenvalue weighted by Crippen LogP contribution is -2.33. The van der Waals surface area contributed by atoms with E-state index in [-0.39, 0.29) is 24.2 Å². The largest absolute Gasteiger partial charge is 0.495 e. The fourth-order valence-electron chi connectivity index (χ4n) is 2.36. The zero-order chi connectivity index (χ0) is 14.5. The van der Waals surface area contributed by atoms with Gasteiger partial charge in [0, 0.05) is 19.5 Å². The number of hydrogen-bond donors (Lipinski definition) is 1. The van der Waals surface area contributed by atoms with Gasteiger partial charge >= 0.3 is 0 Å². The minimum atomic E-state index is -0.279. The summed E-state index contributed by atoms with van der Waals surface area (Å²) in [6.45, 7) is 3.06. The molecule has 1 unspecified atom stereocenters. The van der Waals surface area contributed by atoms with Crippen molar-refractivity contribution in [3.63, 3.8) is 0 Å². The number of carbonyl (C=O) groups is 2. The Kier molecular flexibility index (Phi) is 4.61. The molecular weight excluding hydrogens is 256 g/mol. The van der Waals surface area contributed by atoms with E-state index < -0.39 is 0 Å². The van der Waals surface area contributed by atoms with Gasteiger partial charge in [0.1, 0.15) is 5.75 Å². The van der Waals surface area contributed by atoms with E-state index in [1.54, 1.807) is 12.0 Å². The number of hydrogen-bond acceptors (Lipinski definition) is 3. The van der Waals surface area contributed by atoms with Gasteiger partial charge in [0.15, 0.2) is 0 Å². The average Bonchev–Trinajstić information content (AvgIpc) is 2.86. The normalized spacial score (nSPS) is 18.2. The predicted octanol–water partition coefficient (Wildman–Crippen LogP) is 1.57. The number of ether oxygens (including phenoxy) is 1. The van der Waals surface area contributed by atoms with Gasteiger partial charge in [-0.2, -0.15) is 0 Å². The topological polar surface area (TPSA) is 58.6 Å². The summed E-state index contributed by atoms with van der Waals surface area (Å²) < 4.78 is 5.27. The molecule has 108 valence electrons. The summed E-state index contributed by atoms with van der Waals surface area (Å²) in [5.74, 6) is 0.290. The van der Waals surface area contributed by atoms with Crippen LogP contribution in [0.2, 0.25) is 0 Å². The second-order valence-electron chi connectivity index (χ2n) is 4.87. The number of rotatable bonds is 5. The highest BCUT2D eigenvalue weighted by Crippen LogP contribution is 2.32. The zero-order valence-corrected chi connectivity index (χ0v) is 11.9. The minimum Gasteiger partial charge on any atom is -0.495 e. The van der Waals surface area contributed by atoms with E-state index >= 15 is 0 Å². The molecule has 1 aliphatic rings. The smallest absolute Gasteiger partial charge is 0.227 e. The van der Waals surface area contributed by atoms with E-state index in [1.807, 2.05) is 31.2 Å². The quantitative estimate of drug-likeness (QED) is 0.888. The zero-order valence-electron chi connectivity index (χ0n) is 11.9. The van der Waals surface area contributed by atoms with E-state index in [9.17, 15) is 9.59 Å². The number of nitrogens with zero attached hydrogens (tertiary/aromatic N) is 1. The summed E-state index contributed by atoms with van der Waals surface area (Å²) in [7, 11) is 1.57. The Labute approximate surface area is 118 Å².